The highest BCUT2D eigenvalue weighted by atomic mass is 35.5. The minimum atomic E-state index is -0.615. The molecule has 3 rings (SSSR count). The molecule has 2 aliphatic rings. The molecule has 0 saturated carbocycles. The van der Waals surface area contributed by atoms with Crippen LogP contribution < -0.4 is 4.90 Å². The van der Waals surface area contributed by atoms with Gasteiger partial charge in [-0.3, -0.25) is 19.4 Å². The summed E-state index contributed by atoms with van der Waals surface area (Å²) in [6.07, 6.45) is 3.42. The average molecular weight is 362 g/mol. The van der Waals surface area contributed by atoms with Gasteiger partial charge in [-0.25, -0.2) is 4.79 Å². The van der Waals surface area contributed by atoms with Crippen molar-refractivity contribution in [3.63, 3.8) is 0 Å². The van der Waals surface area contributed by atoms with Crippen LogP contribution in [0.3, 0.4) is 0 Å². The first-order valence-corrected chi connectivity index (χ1v) is 8.73. The van der Waals surface area contributed by atoms with E-state index >= 15 is 0 Å². The highest BCUT2D eigenvalue weighted by molar-refractivity contribution is 6.30. The van der Waals surface area contributed by atoms with E-state index in [0.29, 0.717) is 5.88 Å². The summed E-state index contributed by atoms with van der Waals surface area (Å²) in [5.41, 5.74) is 3.16. The van der Waals surface area contributed by atoms with Crippen molar-refractivity contribution in [2.45, 2.75) is 12.8 Å². The number of rotatable bonds is 4. The lowest BCUT2D eigenvalue weighted by Gasteiger charge is -2.28. The maximum absolute atomic E-state index is 12.3. The van der Waals surface area contributed by atoms with E-state index in [1.807, 2.05) is 18.2 Å². The second-order valence-corrected chi connectivity index (χ2v) is 6.61. The normalized spacial score (nSPS) is 17.5. The van der Waals surface area contributed by atoms with E-state index in [1.165, 1.54) is 25.3 Å². The Hall–Kier alpha value is -2.34. The number of hydrogen-bond donors (Lipinski definition) is 0. The van der Waals surface area contributed by atoms with Crippen molar-refractivity contribution in [1.82, 2.24) is 9.80 Å². The third-order valence-electron chi connectivity index (χ3n) is 4.61. The number of likely N-dealkylation sites (N-methyl/N-ethyl adjacent to an activating group) is 2. The quantitative estimate of drug-likeness (QED) is 0.468. The molecule has 0 bridgehead atoms. The fourth-order valence-electron chi connectivity index (χ4n) is 3.20. The molecule has 2 aliphatic heterocycles. The summed E-state index contributed by atoms with van der Waals surface area (Å²) in [5.74, 6) is -0.505. The number of nitrogens with zero attached hydrogens (tertiary/aromatic N) is 3. The Balaban J connectivity index is 1.88. The van der Waals surface area contributed by atoms with E-state index in [2.05, 4.69) is 4.90 Å². The molecule has 1 fully saturated rings. The van der Waals surface area contributed by atoms with Crippen LogP contribution in [0.15, 0.2) is 23.8 Å². The number of halogens is 1. The highest BCUT2D eigenvalue weighted by Crippen LogP contribution is 2.30. The molecular weight excluding hydrogens is 342 g/mol. The molecule has 0 N–H and O–H groups in total. The zero-order valence-electron chi connectivity index (χ0n) is 14.3. The molecule has 6 nitrogen and oxygen atoms in total. The van der Waals surface area contributed by atoms with E-state index in [9.17, 15) is 14.4 Å². The molecule has 1 aromatic carbocycles. The number of anilines is 1. The summed E-state index contributed by atoms with van der Waals surface area (Å²) >= 11 is 5.77. The number of benzene rings is 1. The van der Waals surface area contributed by atoms with E-state index in [4.69, 9.17) is 11.6 Å². The summed E-state index contributed by atoms with van der Waals surface area (Å²) in [4.78, 5) is 40.5. The molecule has 0 aromatic heterocycles. The summed E-state index contributed by atoms with van der Waals surface area (Å²) in [7, 11) is 2.75. The van der Waals surface area contributed by atoms with Crippen LogP contribution in [0.4, 0.5) is 10.5 Å². The Kier molecular flexibility index (Phi) is 4.81. The molecule has 2 heterocycles. The number of imide groups is 2. The number of fused-ring (bicyclic) bond motifs is 1. The Labute approximate surface area is 151 Å². The standard InChI is InChI=1S/C18H20ClN3O3/c1-20-16(23)14(17(24)21(2)18(20)25)11-12-4-5-15-13(10-12)6-9-22(15)8-3-7-19/h4-5,10-11H,3,6-9H2,1-2H3. The van der Waals surface area contributed by atoms with Crippen molar-refractivity contribution in [3.05, 3.63) is 34.9 Å². The number of alkyl halides is 1. The van der Waals surface area contributed by atoms with Crippen LogP contribution in [0.5, 0.6) is 0 Å². The van der Waals surface area contributed by atoms with Gasteiger partial charge in [-0.1, -0.05) is 6.07 Å². The minimum Gasteiger partial charge on any atom is -0.371 e. The average Bonchev–Trinajstić information content (AvgIpc) is 3.02. The first-order chi connectivity index (χ1) is 11.9. The second kappa shape index (κ2) is 6.88. The molecule has 1 saturated heterocycles. The van der Waals surface area contributed by atoms with Crippen LogP contribution in [0.1, 0.15) is 17.5 Å². The minimum absolute atomic E-state index is 0.00143. The molecule has 1 aromatic rings. The molecule has 25 heavy (non-hydrogen) atoms. The number of barbiturate groups is 1. The topological polar surface area (TPSA) is 60.9 Å². The van der Waals surface area contributed by atoms with Gasteiger partial charge in [0.1, 0.15) is 5.57 Å². The molecule has 0 atom stereocenters. The summed E-state index contributed by atoms with van der Waals surface area (Å²) < 4.78 is 0. The van der Waals surface area contributed by atoms with Crippen molar-refractivity contribution in [2.24, 2.45) is 0 Å². The number of carbonyl (C=O) groups is 3. The third kappa shape index (κ3) is 3.14. The molecule has 7 heteroatoms. The lowest BCUT2D eigenvalue weighted by atomic mass is 10.0. The van der Waals surface area contributed by atoms with Crippen molar-refractivity contribution < 1.29 is 14.4 Å². The van der Waals surface area contributed by atoms with Crippen LogP contribution in [0.25, 0.3) is 6.08 Å². The van der Waals surface area contributed by atoms with Gasteiger partial charge in [0.05, 0.1) is 0 Å². The monoisotopic (exact) mass is 361 g/mol. The van der Waals surface area contributed by atoms with E-state index < -0.39 is 17.8 Å². The van der Waals surface area contributed by atoms with Crippen LogP contribution in [0.2, 0.25) is 0 Å². The van der Waals surface area contributed by atoms with Crippen molar-refractivity contribution in [3.8, 4) is 0 Å². The molecule has 4 amide bonds. The molecule has 0 spiro atoms. The summed E-state index contributed by atoms with van der Waals surface area (Å²) in [5, 5.41) is 0. The number of urea groups is 1. The Bertz CT molecular complexity index is 749. The predicted molar refractivity (Wildman–Crippen MR) is 96.6 cm³/mol. The van der Waals surface area contributed by atoms with Gasteiger partial charge in [0.25, 0.3) is 11.8 Å². The van der Waals surface area contributed by atoms with Crippen LogP contribution in [-0.4, -0.2) is 60.7 Å². The van der Waals surface area contributed by atoms with Gasteiger partial charge in [0, 0.05) is 38.8 Å². The van der Waals surface area contributed by atoms with Gasteiger partial charge >= 0.3 is 6.03 Å². The third-order valence-corrected chi connectivity index (χ3v) is 4.88. The molecule has 0 radical (unpaired) electrons. The Morgan fingerprint density at radius 1 is 1.12 bits per heavy atom. The fourth-order valence-corrected chi connectivity index (χ4v) is 3.32. The number of carbonyl (C=O) groups excluding carboxylic acids is 3. The molecule has 0 aliphatic carbocycles. The number of hydrogen-bond acceptors (Lipinski definition) is 4. The largest absolute Gasteiger partial charge is 0.371 e. The van der Waals surface area contributed by atoms with E-state index in [0.717, 1.165) is 41.3 Å². The lowest BCUT2D eigenvalue weighted by Crippen LogP contribution is -2.52. The first kappa shape index (κ1) is 17.5. The van der Waals surface area contributed by atoms with Crippen molar-refractivity contribution in [2.75, 3.05) is 38.0 Å². The fraction of sp³-hybridized carbons (Fsp3) is 0.389. The summed E-state index contributed by atoms with van der Waals surface area (Å²) in [6.45, 7) is 1.87. The Morgan fingerprint density at radius 3 is 2.44 bits per heavy atom. The predicted octanol–water partition coefficient (Wildman–Crippen LogP) is 2.11. The molecule has 0 unspecified atom stereocenters. The van der Waals surface area contributed by atoms with Gasteiger partial charge in [-0.15, -0.1) is 11.6 Å². The van der Waals surface area contributed by atoms with Crippen LogP contribution in [0, 0.1) is 0 Å². The maximum Gasteiger partial charge on any atom is 0.333 e. The second-order valence-electron chi connectivity index (χ2n) is 6.24. The van der Waals surface area contributed by atoms with E-state index in [1.54, 1.807) is 6.08 Å². The van der Waals surface area contributed by atoms with E-state index in [-0.39, 0.29) is 5.57 Å². The van der Waals surface area contributed by atoms with Gasteiger partial charge in [-0.2, -0.15) is 0 Å². The van der Waals surface area contributed by atoms with Crippen molar-refractivity contribution >= 4 is 41.2 Å². The van der Waals surface area contributed by atoms with Gasteiger partial charge in [0.15, 0.2) is 0 Å². The van der Waals surface area contributed by atoms with Gasteiger partial charge < -0.3 is 4.90 Å². The number of amides is 4. The molecule has 132 valence electrons. The Morgan fingerprint density at radius 2 is 1.80 bits per heavy atom. The molecular formula is C18H20ClN3O3. The highest BCUT2D eigenvalue weighted by Gasteiger charge is 2.37. The van der Waals surface area contributed by atoms with Crippen LogP contribution >= 0.6 is 11.6 Å². The summed E-state index contributed by atoms with van der Waals surface area (Å²) in [6, 6.07) is 5.29. The first-order valence-electron chi connectivity index (χ1n) is 8.19. The maximum atomic E-state index is 12.3. The van der Waals surface area contributed by atoms with Gasteiger partial charge in [0.2, 0.25) is 0 Å². The van der Waals surface area contributed by atoms with Crippen LogP contribution in [-0.2, 0) is 16.0 Å². The zero-order valence-corrected chi connectivity index (χ0v) is 15.0. The lowest BCUT2D eigenvalue weighted by molar-refractivity contribution is -0.134. The SMILES string of the molecule is CN1C(=O)C(=Cc2ccc3c(c2)CCN3CCCCl)C(=O)N(C)C1=O. The smallest absolute Gasteiger partial charge is 0.333 e. The zero-order chi connectivity index (χ0) is 18.1. The van der Waals surface area contributed by atoms with Gasteiger partial charge in [-0.05, 0) is 42.2 Å². The van der Waals surface area contributed by atoms with Crippen molar-refractivity contribution in [1.29, 1.82) is 0 Å².